The number of hydrogen-bond acceptors (Lipinski definition) is 3. The van der Waals surface area contributed by atoms with Gasteiger partial charge < -0.3 is 15.2 Å². The van der Waals surface area contributed by atoms with Crippen LogP contribution < -0.4 is 11.3 Å². The van der Waals surface area contributed by atoms with Crippen LogP contribution in [0, 0.1) is 0 Å². The highest BCUT2D eigenvalue weighted by Gasteiger charge is 2.05. The maximum atomic E-state index is 11.8. The molecule has 5 nitrogen and oxygen atoms in total. The molecule has 0 aliphatic heterocycles. The largest absolute Gasteiger partial charge is 0.349 e. The van der Waals surface area contributed by atoms with Gasteiger partial charge in [0.05, 0.1) is 0 Å². The second-order valence-corrected chi connectivity index (χ2v) is 4.13. The van der Waals surface area contributed by atoms with Crippen molar-refractivity contribution >= 4 is 5.91 Å². The van der Waals surface area contributed by atoms with Crippen LogP contribution in [-0.2, 0) is 17.9 Å². The van der Waals surface area contributed by atoms with Crippen LogP contribution in [0.2, 0.25) is 0 Å². The van der Waals surface area contributed by atoms with Crippen LogP contribution in [0.4, 0.5) is 0 Å². The maximum absolute atomic E-state index is 11.8. The van der Waals surface area contributed by atoms with Gasteiger partial charge in [0.2, 0.25) is 5.91 Å². The van der Waals surface area contributed by atoms with E-state index in [1.807, 2.05) is 0 Å². The summed E-state index contributed by atoms with van der Waals surface area (Å²) < 4.78 is 1.60. The van der Waals surface area contributed by atoms with Crippen molar-refractivity contribution in [2.75, 3.05) is 14.1 Å². The molecule has 0 saturated heterocycles. The third-order valence-corrected chi connectivity index (χ3v) is 2.61. The third kappa shape index (κ3) is 3.71. The first-order chi connectivity index (χ1) is 8.06. The van der Waals surface area contributed by atoms with Crippen molar-refractivity contribution in [2.45, 2.75) is 25.9 Å². The number of rotatable bonds is 5. The van der Waals surface area contributed by atoms with Gasteiger partial charge in [-0.3, -0.25) is 9.59 Å². The molecule has 0 aromatic carbocycles. The molecule has 0 fully saturated rings. The van der Waals surface area contributed by atoms with E-state index in [1.54, 1.807) is 41.9 Å². The maximum Gasteiger partial charge on any atom is 0.255 e. The highest BCUT2D eigenvalue weighted by molar-refractivity contribution is 5.75. The SMILES string of the molecule is CN(C)C(=O)CCCn1cccc(CN)c1=O. The normalized spacial score (nSPS) is 10.3. The van der Waals surface area contributed by atoms with Crippen molar-refractivity contribution in [1.29, 1.82) is 0 Å². The van der Waals surface area contributed by atoms with E-state index in [4.69, 9.17) is 5.73 Å². The summed E-state index contributed by atoms with van der Waals surface area (Å²) in [6.45, 7) is 0.794. The van der Waals surface area contributed by atoms with Gasteiger partial charge in [0.25, 0.3) is 5.56 Å². The lowest BCUT2D eigenvalue weighted by atomic mass is 10.2. The van der Waals surface area contributed by atoms with Crippen molar-refractivity contribution in [3.05, 3.63) is 34.2 Å². The van der Waals surface area contributed by atoms with Crippen LogP contribution in [0.3, 0.4) is 0 Å². The van der Waals surface area contributed by atoms with Gasteiger partial charge in [-0.05, 0) is 12.5 Å². The zero-order chi connectivity index (χ0) is 12.8. The van der Waals surface area contributed by atoms with E-state index in [2.05, 4.69) is 0 Å². The molecular formula is C12H19N3O2. The third-order valence-electron chi connectivity index (χ3n) is 2.61. The van der Waals surface area contributed by atoms with E-state index >= 15 is 0 Å². The zero-order valence-electron chi connectivity index (χ0n) is 10.3. The van der Waals surface area contributed by atoms with Crippen LogP contribution in [0.25, 0.3) is 0 Å². The number of aryl methyl sites for hydroxylation is 1. The molecule has 1 aromatic rings. The van der Waals surface area contributed by atoms with Crippen LogP contribution in [0.15, 0.2) is 23.1 Å². The smallest absolute Gasteiger partial charge is 0.255 e. The molecule has 1 aromatic heterocycles. The molecular weight excluding hydrogens is 218 g/mol. The average Bonchev–Trinajstić information content (AvgIpc) is 2.31. The first kappa shape index (κ1) is 13.4. The standard InChI is InChI=1S/C12H19N3O2/c1-14(2)11(16)6-4-8-15-7-3-5-10(9-13)12(15)17/h3,5,7H,4,6,8-9,13H2,1-2H3. The Morgan fingerprint density at radius 3 is 2.76 bits per heavy atom. The predicted octanol–water partition coefficient (Wildman–Crippen LogP) is 0.175. The fraction of sp³-hybridized carbons (Fsp3) is 0.500. The van der Waals surface area contributed by atoms with E-state index in [9.17, 15) is 9.59 Å². The second-order valence-electron chi connectivity index (χ2n) is 4.13. The predicted molar refractivity (Wildman–Crippen MR) is 66.5 cm³/mol. The molecule has 2 N–H and O–H groups in total. The monoisotopic (exact) mass is 237 g/mol. The molecule has 0 radical (unpaired) electrons. The Morgan fingerprint density at radius 2 is 2.18 bits per heavy atom. The van der Waals surface area contributed by atoms with E-state index in [1.165, 1.54) is 0 Å². The lowest BCUT2D eigenvalue weighted by Crippen LogP contribution is -2.26. The number of carbonyl (C=O) groups excluding carboxylic acids is 1. The molecule has 0 atom stereocenters. The van der Waals surface area contributed by atoms with Gasteiger partial charge in [-0.15, -0.1) is 0 Å². The van der Waals surface area contributed by atoms with Crippen LogP contribution >= 0.6 is 0 Å². The fourth-order valence-corrected chi connectivity index (χ4v) is 1.54. The zero-order valence-corrected chi connectivity index (χ0v) is 10.3. The Hall–Kier alpha value is -1.62. The summed E-state index contributed by atoms with van der Waals surface area (Å²) in [4.78, 5) is 24.7. The van der Waals surface area contributed by atoms with Crippen molar-refractivity contribution in [3.63, 3.8) is 0 Å². The van der Waals surface area contributed by atoms with Crippen LogP contribution in [0.1, 0.15) is 18.4 Å². The number of hydrogen-bond donors (Lipinski definition) is 1. The van der Waals surface area contributed by atoms with Crippen LogP contribution in [-0.4, -0.2) is 29.5 Å². The first-order valence-corrected chi connectivity index (χ1v) is 5.65. The molecule has 1 heterocycles. The summed E-state index contributed by atoms with van der Waals surface area (Å²) >= 11 is 0. The second kappa shape index (κ2) is 6.20. The average molecular weight is 237 g/mol. The molecule has 1 amide bonds. The Balaban J connectivity index is 2.58. The van der Waals surface area contributed by atoms with Gasteiger partial charge in [-0.1, -0.05) is 6.07 Å². The number of nitrogens with zero attached hydrogens (tertiary/aromatic N) is 2. The molecule has 0 saturated carbocycles. The fourth-order valence-electron chi connectivity index (χ4n) is 1.54. The minimum absolute atomic E-state index is 0.0627. The summed E-state index contributed by atoms with van der Waals surface area (Å²) in [6, 6.07) is 3.53. The number of aromatic nitrogens is 1. The lowest BCUT2D eigenvalue weighted by molar-refractivity contribution is -0.128. The van der Waals surface area contributed by atoms with Crippen LogP contribution in [0.5, 0.6) is 0 Å². The quantitative estimate of drug-likeness (QED) is 0.794. The highest BCUT2D eigenvalue weighted by Crippen LogP contribution is 1.97. The van der Waals surface area contributed by atoms with E-state index in [0.717, 1.165) is 0 Å². The molecule has 94 valence electrons. The molecule has 5 heteroatoms. The van der Waals surface area contributed by atoms with Gasteiger partial charge >= 0.3 is 0 Å². The number of carbonyl (C=O) groups is 1. The Kier molecular flexibility index (Phi) is 4.90. The minimum atomic E-state index is -0.0627. The molecule has 0 aliphatic rings. The minimum Gasteiger partial charge on any atom is -0.349 e. The van der Waals surface area contributed by atoms with Crippen molar-refractivity contribution in [2.24, 2.45) is 5.73 Å². The van der Waals surface area contributed by atoms with Gasteiger partial charge in [0, 0.05) is 45.4 Å². The Morgan fingerprint density at radius 1 is 1.47 bits per heavy atom. The number of pyridine rings is 1. The van der Waals surface area contributed by atoms with Crippen molar-refractivity contribution in [1.82, 2.24) is 9.47 Å². The van der Waals surface area contributed by atoms with Gasteiger partial charge in [-0.2, -0.15) is 0 Å². The van der Waals surface area contributed by atoms with Gasteiger partial charge in [-0.25, -0.2) is 0 Å². The lowest BCUT2D eigenvalue weighted by Gasteiger charge is -2.10. The van der Waals surface area contributed by atoms with Gasteiger partial charge in [0.15, 0.2) is 0 Å². The summed E-state index contributed by atoms with van der Waals surface area (Å²) in [5.41, 5.74) is 6.00. The van der Waals surface area contributed by atoms with Crippen molar-refractivity contribution < 1.29 is 4.79 Å². The highest BCUT2D eigenvalue weighted by atomic mass is 16.2. The molecule has 0 spiro atoms. The first-order valence-electron chi connectivity index (χ1n) is 5.65. The molecule has 0 bridgehead atoms. The van der Waals surface area contributed by atoms with Crippen molar-refractivity contribution in [3.8, 4) is 0 Å². The summed E-state index contributed by atoms with van der Waals surface area (Å²) in [5.74, 6) is 0.0769. The van der Waals surface area contributed by atoms with E-state index in [-0.39, 0.29) is 18.0 Å². The Labute approximate surface area is 101 Å². The van der Waals surface area contributed by atoms with E-state index < -0.39 is 0 Å². The Bertz CT molecular complexity index is 438. The summed E-state index contributed by atoms with van der Waals surface area (Å²) in [7, 11) is 3.45. The molecule has 0 unspecified atom stereocenters. The topological polar surface area (TPSA) is 68.3 Å². The molecule has 17 heavy (non-hydrogen) atoms. The molecule has 1 rings (SSSR count). The number of amides is 1. The summed E-state index contributed by atoms with van der Waals surface area (Å²) in [5, 5.41) is 0. The number of nitrogens with two attached hydrogens (primary N) is 1. The van der Waals surface area contributed by atoms with Gasteiger partial charge in [0.1, 0.15) is 0 Å². The van der Waals surface area contributed by atoms with E-state index in [0.29, 0.717) is 24.9 Å². The summed E-state index contributed by atoms with van der Waals surface area (Å²) in [6.07, 6.45) is 2.83. The molecule has 0 aliphatic carbocycles.